The van der Waals surface area contributed by atoms with Crippen molar-refractivity contribution in [2.45, 2.75) is 36.5 Å². The van der Waals surface area contributed by atoms with Gasteiger partial charge in [-0.3, -0.25) is 0 Å². The molecule has 4 heteroatoms. The van der Waals surface area contributed by atoms with Crippen molar-refractivity contribution in [1.29, 1.82) is 5.26 Å². The van der Waals surface area contributed by atoms with Gasteiger partial charge in [0.15, 0.2) is 0 Å². The van der Waals surface area contributed by atoms with Crippen LogP contribution in [0.25, 0.3) is 0 Å². The zero-order valence-electron chi connectivity index (χ0n) is 9.95. The Morgan fingerprint density at radius 2 is 2.25 bits per heavy atom. The van der Waals surface area contributed by atoms with Gasteiger partial charge in [-0.05, 0) is 31.9 Å². The van der Waals surface area contributed by atoms with Crippen LogP contribution < -0.4 is 0 Å². The number of nitriles is 1. The fourth-order valence-electron chi connectivity index (χ4n) is 2.53. The molecule has 2 fully saturated rings. The molecule has 0 spiro atoms. The van der Waals surface area contributed by atoms with Crippen molar-refractivity contribution >= 4 is 11.8 Å². The summed E-state index contributed by atoms with van der Waals surface area (Å²) in [6, 6.07) is 2.49. The zero-order valence-corrected chi connectivity index (χ0v) is 10.8. The van der Waals surface area contributed by atoms with Crippen LogP contribution in [-0.4, -0.2) is 48.2 Å². The van der Waals surface area contributed by atoms with Crippen molar-refractivity contribution < 1.29 is 4.74 Å². The van der Waals surface area contributed by atoms with E-state index >= 15 is 0 Å². The number of nitrogens with zero attached hydrogens (tertiary/aromatic N) is 2. The highest BCUT2D eigenvalue weighted by molar-refractivity contribution is 8.00. The maximum absolute atomic E-state index is 9.20. The van der Waals surface area contributed by atoms with Gasteiger partial charge in [-0.1, -0.05) is 0 Å². The first-order valence-electron chi connectivity index (χ1n) is 6.08. The Labute approximate surface area is 102 Å². The molecule has 0 amide bonds. The topological polar surface area (TPSA) is 36.3 Å². The first-order chi connectivity index (χ1) is 7.78. The van der Waals surface area contributed by atoms with Crippen LogP contribution in [0.1, 0.15) is 25.7 Å². The van der Waals surface area contributed by atoms with Crippen molar-refractivity contribution in [1.82, 2.24) is 4.90 Å². The Morgan fingerprint density at radius 1 is 1.50 bits per heavy atom. The number of ether oxygens (including phenoxy) is 1. The van der Waals surface area contributed by atoms with E-state index in [0.29, 0.717) is 6.10 Å². The third-order valence-corrected chi connectivity index (χ3v) is 5.03. The molecule has 90 valence electrons. The number of thioether (sulfide) groups is 1. The lowest BCUT2D eigenvalue weighted by molar-refractivity contribution is 0.0650. The van der Waals surface area contributed by atoms with Crippen LogP contribution in [0.15, 0.2) is 0 Å². The Morgan fingerprint density at radius 3 is 2.75 bits per heavy atom. The molecule has 16 heavy (non-hydrogen) atoms. The molecule has 0 aromatic rings. The lowest BCUT2D eigenvalue weighted by Crippen LogP contribution is -2.44. The summed E-state index contributed by atoms with van der Waals surface area (Å²) < 4.78 is 5.53. The maximum Gasteiger partial charge on any atom is 0.104 e. The summed E-state index contributed by atoms with van der Waals surface area (Å²) in [4.78, 5) is 2.46. The Kier molecular flexibility index (Phi) is 4.12. The first-order valence-corrected chi connectivity index (χ1v) is 7.31. The predicted molar refractivity (Wildman–Crippen MR) is 66.5 cm³/mol. The highest BCUT2D eigenvalue weighted by Gasteiger charge is 2.34. The summed E-state index contributed by atoms with van der Waals surface area (Å²) in [6.07, 6.45) is 6.92. The Balaban J connectivity index is 1.78. The number of hydrogen-bond acceptors (Lipinski definition) is 4. The maximum atomic E-state index is 9.20. The van der Waals surface area contributed by atoms with Gasteiger partial charge in [0.25, 0.3) is 0 Å². The van der Waals surface area contributed by atoms with Crippen molar-refractivity contribution in [3.63, 3.8) is 0 Å². The van der Waals surface area contributed by atoms with Gasteiger partial charge in [-0.2, -0.15) is 5.26 Å². The SMILES string of the molecule is CSC1(C#N)CCN(CC2CCCO2)CC1. The van der Waals surface area contributed by atoms with Gasteiger partial charge in [0.1, 0.15) is 4.75 Å². The number of hydrogen-bond donors (Lipinski definition) is 0. The molecule has 0 aliphatic carbocycles. The molecule has 2 heterocycles. The third-order valence-electron chi connectivity index (χ3n) is 3.74. The van der Waals surface area contributed by atoms with Gasteiger partial charge in [-0.15, -0.1) is 11.8 Å². The Hall–Kier alpha value is -0.240. The molecule has 0 aromatic carbocycles. The van der Waals surface area contributed by atoms with Crippen molar-refractivity contribution in [3.8, 4) is 6.07 Å². The molecular weight excluding hydrogens is 220 g/mol. The molecule has 0 radical (unpaired) electrons. The number of likely N-dealkylation sites (tertiary alicyclic amines) is 1. The van der Waals surface area contributed by atoms with E-state index in [9.17, 15) is 5.26 Å². The quantitative estimate of drug-likeness (QED) is 0.755. The Bertz CT molecular complexity index is 263. The van der Waals surface area contributed by atoms with E-state index in [1.807, 2.05) is 0 Å². The summed E-state index contributed by atoms with van der Waals surface area (Å²) in [7, 11) is 0. The van der Waals surface area contributed by atoms with E-state index in [2.05, 4.69) is 17.2 Å². The van der Waals surface area contributed by atoms with Gasteiger partial charge in [-0.25, -0.2) is 0 Å². The molecule has 2 rings (SSSR count). The van der Waals surface area contributed by atoms with Crippen LogP contribution >= 0.6 is 11.8 Å². The second-order valence-electron chi connectivity index (χ2n) is 4.75. The molecule has 3 nitrogen and oxygen atoms in total. The summed E-state index contributed by atoms with van der Waals surface area (Å²) in [5, 5.41) is 9.20. The van der Waals surface area contributed by atoms with Crippen LogP contribution in [0.4, 0.5) is 0 Å². The summed E-state index contributed by atoms with van der Waals surface area (Å²) in [6.45, 7) is 4.10. The summed E-state index contributed by atoms with van der Waals surface area (Å²) in [5.74, 6) is 0. The summed E-state index contributed by atoms with van der Waals surface area (Å²) >= 11 is 1.72. The second kappa shape index (κ2) is 5.39. The fraction of sp³-hybridized carbons (Fsp3) is 0.917. The molecule has 0 N–H and O–H groups in total. The molecule has 2 aliphatic heterocycles. The van der Waals surface area contributed by atoms with Crippen molar-refractivity contribution in [3.05, 3.63) is 0 Å². The summed E-state index contributed by atoms with van der Waals surface area (Å²) in [5.41, 5.74) is 0. The van der Waals surface area contributed by atoms with E-state index in [4.69, 9.17) is 4.74 Å². The van der Waals surface area contributed by atoms with E-state index < -0.39 is 0 Å². The molecular formula is C12H20N2OS. The van der Waals surface area contributed by atoms with Crippen molar-refractivity contribution in [2.75, 3.05) is 32.5 Å². The van der Waals surface area contributed by atoms with Crippen LogP contribution in [0.5, 0.6) is 0 Å². The highest BCUT2D eigenvalue weighted by Crippen LogP contribution is 2.34. The lowest BCUT2D eigenvalue weighted by atomic mass is 9.97. The smallest absolute Gasteiger partial charge is 0.104 e. The van der Waals surface area contributed by atoms with E-state index in [1.165, 1.54) is 12.8 Å². The average molecular weight is 240 g/mol. The minimum atomic E-state index is -0.118. The molecule has 1 atom stereocenters. The predicted octanol–water partition coefficient (Wildman–Crippen LogP) is 1.89. The second-order valence-corrected chi connectivity index (χ2v) is 5.94. The van der Waals surface area contributed by atoms with Crippen LogP contribution in [0, 0.1) is 11.3 Å². The minimum absolute atomic E-state index is 0.118. The monoisotopic (exact) mass is 240 g/mol. The third kappa shape index (κ3) is 2.71. The van der Waals surface area contributed by atoms with E-state index in [1.54, 1.807) is 11.8 Å². The molecule has 0 bridgehead atoms. The van der Waals surface area contributed by atoms with E-state index in [-0.39, 0.29) is 4.75 Å². The standard InChI is InChI=1S/C12H20N2OS/c1-16-12(10-13)4-6-14(7-5-12)9-11-3-2-8-15-11/h11H,2-9H2,1H3. The van der Waals surface area contributed by atoms with Gasteiger partial charge >= 0.3 is 0 Å². The normalized spacial score (nSPS) is 30.1. The zero-order chi connectivity index (χ0) is 11.4. The van der Waals surface area contributed by atoms with Gasteiger partial charge in [0.05, 0.1) is 12.2 Å². The highest BCUT2D eigenvalue weighted by atomic mass is 32.2. The van der Waals surface area contributed by atoms with Gasteiger partial charge in [0.2, 0.25) is 0 Å². The number of piperidine rings is 1. The van der Waals surface area contributed by atoms with Gasteiger partial charge < -0.3 is 9.64 Å². The largest absolute Gasteiger partial charge is 0.377 e. The van der Waals surface area contributed by atoms with Crippen LogP contribution in [0.2, 0.25) is 0 Å². The molecule has 2 aliphatic rings. The average Bonchev–Trinajstić information content (AvgIpc) is 2.83. The first kappa shape index (κ1) is 12.2. The number of rotatable bonds is 3. The van der Waals surface area contributed by atoms with Crippen molar-refractivity contribution in [2.24, 2.45) is 0 Å². The lowest BCUT2D eigenvalue weighted by Gasteiger charge is -2.37. The van der Waals surface area contributed by atoms with E-state index in [0.717, 1.165) is 39.1 Å². The fourth-order valence-corrected chi connectivity index (χ4v) is 3.22. The van der Waals surface area contributed by atoms with Crippen LogP contribution in [0.3, 0.4) is 0 Å². The minimum Gasteiger partial charge on any atom is -0.377 e. The molecule has 1 unspecified atom stereocenters. The van der Waals surface area contributed by atoms with Gasteiger partial charge in [0, 0.05) is 26.2 Å². The molecule has 0 saturated carbocycles. The molecule has 2 saturated heterocycles. The molecule has 0 aromatic heterocycles. The van der Waals surface area contributed by atoms with Crippen LogP contribution in [-0.2, 0) is 4.74 Å².